The second-order valence-corrected chi connectivity index (χ2v) is 6.15. The van der Waals surface area contributed by atoms with E-state index in [1.807, 2.05) is 51.1 Å². The quantitative estimate of drug-likeness (QED) is 0.786. The molecule has 0 aliphatic heterocycles. The van der Waals surface area contributed by atoms with Crippen molar-refractivity contribution in [2.75, 3.05) is 0 Å². The number of hydrogen-bond donors (Lipinski definition) is 1. The molecule has 20 heavy (non-hydrogen) atoms. The molecule has 2 aromatic rings. The van der Waals surface area contributed by atoms with Crippen LogP contribution in [-0.4, -0.2) is 0 Å². The zero-order valence-corrected chi connectivity index (χ0v) is 14.0. The van der Waals surface area contributed by atoms with Crippen molar-refractivity contribution >= 4 is 27.5 Å². The molecule has 2 N–H and O–H groups in total. The van der Waals surface area contributed by atoms with E-state index in [4.69, 9.17) is 22.1 Å². The van der Waals surface area contributed by atoms with Crippen LogP contribution in [0, 0.1) is 13.8 Å². The molecule has 0 aliphatic carbocycles. The third-order valence-electron chi connectivity index (χ3n) is 3.12. The molecule has 1 atom stereocenters. The van der Waals surface area contributed by atoms with Gasteiger partial charge in [-0.2, -0.15) is 0 Å². The van der Waals surface area contributed by atoms with Gasteiger partial charge in [-0.15, -0.1) is 0 Å². The highest BCUT2D eigenvalue weighted by Gasteiger charge is 2.09. The van der Waals surface area contributed by atoms with Gasteiger partial charge in [0.15, 0.2) is 0 Å². The van der Waals surface area contributed by atoms with Gasteiger partial charge in [0.1, 0.15) is 11.5 Å². The Kier molecular flexibility index (Phi) is 4.74. The van der Waals surface area contributed by atoms with Crippen LogP contribution in [0.3, 0.4) is 0 Å². The summed E-state index contributed by atoms with van der Waals surface area (Å²) in [6.45, 7) is 5.99. The van der Waals surface area contributed by atoms with Gasteiger partial charge in [0, 0.05) is 10.5 Å². The minimum absolute atomic E-state index is 0.0429. The lowest BCUT2D eigenvalue weighted by Crippen LogP contribution is -2.04. The van der Waals surface area contributed by atoms with E-state index in [1.165, 1.54) is 0 Å². The minimum Gasteiger partial charge on any atom is -0.456 e. The highest BCUT2D eigenvalue weighted by atomic mass is 79.9. The Balaban J connectivity index is 2.31. The molecule has 4 heteroatoms. The van der Waals surface area contributed by atoms with Crippen LogP contribution in [0.2, 0.25) is 5.02 Å². The van der Waals surface area contributed by atoms with Crippen LogP contribution in [0.5, 0.6) is 11.5 Å². The molecule has 0 unspecified atom stereocenters. The molecule has 0 bridgehead atoms. The lowest BCUT2D eigenvalue weighted by atomic mass is 10.1. The maximum absolute atomic E-state index is 6.24. The summed E-state index contributed by atoms with van der Waals surface area (Å²) in [6.07, 6.45) is 0. The van der Waals surface area contributed by atoms with Gasteiger partial charge < -0.3 is 10.5 Å². The fourth-order valence-corrected chi connectivity index (χ4v) is 2.43. The van der Waals surface area contributed by atoms with Crippen molar-refractivity contribution in [3.8, 4) is 11.5 Å². The minimum atomic E-state index is -0.0429. The van der Waals surface area contributed by atoms with Gasteiger partial charge in [0.25, 0.3) is 0 Å². The molecule has 2 rings (SSSR count). The number of ether oxygens (including phenoxy) is 1. The number of nitrogens with two attached hydrogens (primary N) is 1. The molecule has 0 saturated heterocycles. The van der Waals surface area contributed by atoms with Gasteiger partial charge in [-0.1, -0.05) is 33.6 Å². The van der Waals surface area contributed by atoms with Crippen molar-refractivity contribution in [3.05, 3.63) is 56.5 Å². The second kappa shape index (κ2) is 6.17. The van der Waals surface area contributed by atoms with Gasteiger partial charge in [-0.3, -0.25) is 0 Å². The molecule has 0 aromatic heterocycles. The molecule has 0 saturated carbocycles. The second-order valence-electron chi connectivity index (χ2n) is 4.95. The molecule has 0 radical (unpaired) electrons. The molecule has 0 fully saturated rings. The van der Waals surface area contributed by atoms with Crippen molar-refractivity contribution in [2.24, 2.45) is 5.73 Å². The van der Waals surface area contributed by atoms with E-state index in [0.29, 0.717) is 10.8 Å². The van der Waals surface area contributed by atoms with Gasteiger partial charge in [0.05, 0.1) is 5.02 Å². The first-order valence-corrected chi connectivity index (χ1v) is 7.55. The SMILES string of the molecule is Cc1cc(Oc2ccc([C@@H](C)N)cc2Cl)cc(C)c1Br. The summed E-state index contributed by atoms with van der Waals surface area (Å²) >= 11 is 9.79. The van der Waals surface area contributed by atoms with E-state index in [-0.39, 0.29) is 6.04 Å². The summed E-state index contributed by atoms with van der Waals surface area (Å²) in [5.41, 5.74) is 9.08. The first kappa shape index (κ1) is 15.4. The van der Waals surface area contributed by atoms with Gasteiger partial charge in [0.2, 0.25) is 0 Å². The summed E-state index contributed by atoms with van der Waals surface area (Å²) in [7, 11) is 0. The fraction of sp³-hybridized carbons (Fsp3) is 0.250. The summed E-state index contributed by atoms with van der Waals surface area (Å²) in [6, 6.07) is 9.55. The van der Waals surface area contributed by atoms with Crippen LogP contribution in [0.15, 0.2) is 34.8 Å². The smallest absolute Gasteiger partial charge is 0.146 e. The monoisotopic (exact) mass is 353 g/mol. The summed E-state index contributed by atoms with van der Waals surface area (Å²) in [4.78, 5) is 0. The van der Waals surface area contributed by atoms with Crippen molar-refractivity contribution < 1.29 is 4.74 Å². The highest BCUT2D eigenvalue weighted by molar-refractivity contribution is 9.10. The number of rotatable bonds is 3. The fourth-order valence-electron chi connectivity index (χ4n) is 1.98. The standard InChI is InChI=1S/C16H17BrClNO/c1-9-6-13(7-10(2)16(9)17)20-15-5-4-12(11(3)19)8-14(15)18/h4-8,11H,19H2,1-3H3/t11-/m1/s1. The maximum atomic E-state index is 6.24. The predicted molar refractivity (Wildman–Crippen MR) is 87.7 cm³/mol. The van der Waals surface area contributed by atoms with E-state index in [1.54, 1.807) is 0 Å². The lowest BCUT2D eigenvalue weighted by Gasteiger charge is -2.13. The van der Waals surface area contributed by atoms with Crippen molar-refractivity contribution in [1.29, 1.82) is 0 Å². The number of benzene rings is 2. The highest BCUT2D eigenvalue weighted by Crippen LogP contribution is 2.34. The van der Waals surface area contributed by atoms with Crippen molar-refractivity contribution in [3.63, 3.8) is 0 Å². The molecule has 0 amide bonds. The Morgan fingerprint density at radius 3 is 2.25 bits per heavy atom. The van der Waals surface area contributed by atoms with E-state index in [9.17, 15) is 0 Å². The van der Waals surface area contributed by atoms with Crippen LogP contribution >= 0.6 is 27.5 Å². The van der Waals surface area contributed by atoms with Crippen molar-refractivity contribution in [2.45, 2.75) is 26.8 Å². The Labute approximate surface area is 133 Å². The average Bonchev–Trinajstić information content (AvgIpc) is 2.38. The maximum Gasteiger partial charge on any atom is 0.146 e. The Hall–Kier alpha value is -1.03. The third-order valence-corrected chi connectivity index (χ3v) is 4.67. The largest absolute Gasteiger partial charge is 0.456 e. The van der Waals surface area contributed by atoms with Crippen LogP contribution < -0.4 is 10.5 Å². The first-order valence-electron chi connectivity index (χ1n) is 6.38. The average molecular weight is 355 g/mol. The molecule has 0 heterocycles. The molecule has 0 spiro atoms. The van der Waals surface area contributed by atoms with Crippen LogP contribution in [-0.2, 0) is 0 Å². The zero-order valence-electron chi connectivity index (χ0n) is 11.7. The zero-order chi connectivity index (χ0) is 14.9. The molecule has 2 nitrogen and oxygen atoms in total. The van der Waals surface area contributed by atoms with E-state index >= 15 is 0 Å². The summed E-state index contributed by atoms with van der Waals surface area (Å²) in [5.74, 6) is 1.41. The van der Waals surface area contributed by atoms with E-state index in [0.717, 1.165) is 26.9 Å². The Bertz CT molecular complexity index is 617. The van der Waals surface area contributed by atoms with Gasteiger partial charge >= 0.3 is 0 Å². The lowest BCUT2D eigenvalue weighted by molar-refractivity contribution is 0.481. The first-order chi connectivity index (χ1) is 9.38. The van der Waals surface area contributed by atoms with Crippen molar-refractivity contribution in [1.82, 2.24) is 0 Å². The van der Waals surface area contributed by atoms with Gasteiger partial charge in [-0.25, -0.2) is 0 Å². The Morgan fingerprint density at radius 2 is 1.75 bits per heavy atom. The molecular formula is C16H17BrClNO. The molecule has 0 aliphatic rings. The molecule has 106 valence electrons. The number of aryl methyl sites for hydroxylation is 2. The molecule has 2 aromatic carbocycles. The number of hydrogen-bond acceptors (Lipinski definition) is 2. The number of halogens is 2. The van der Waals surface area contributed by atoms with Crippen LogP contribution in [0.4, 0.5) is 0 Å². The van der Waals surface area contributed by atoms with Crippen LogP contribution in [0.1, 0.15) is 29.7 Å². The normalized spacial score (nSPS) is 12.3. The predicted octanol–water partition coefficient (Wildman–Crippen LogP) is 5.53. The summed E-state index contributed by atoms with van der Waals surface area (Å²) in [5, 5.41) is 0.568. The van der Waals surface area contributed by atoms with Crippen LogP contribution in [0.25, 0.3) is 0 Å². The summed E-state index contributed by atoms with van der Waals surface area (Å²) < 4.78 is 6.97. The van der Waals surface area contributed by atoms with E-state index in [2.05, 4.69) is 15.9 Å². The van der Waals surface area contributed by atoms with E-state index < -0.39 is 0 Å². The molecular weight excluding hydrogens is 338 g/mol. The Morgan fingerprint density at radius 1 is 1.15 bits per heavy atom. The topological polar surface area (TPSA) is 35.2 Å². The third kappa shape index (κ3) is 3.35. The van der Waals surface area contributed by atoms with Gasteiger partial charge in [-0.05, 0) is 61.7 Å².